The first-order valence-electron chi connectivity index (χ1n) is 5.32. The quantitative estimate of drug-likeness (QED) is 0.601. The van der Waals surface area contributed by atoms with Crippen molar-refractivity contribution in [3.05, 3.63) is 11.7 Å². The zero-order valence-electron chi connectivity index (χ0n) is 9.93. The average Bonchev–Trinajstić information content (AvgIpc) is 2.70. The summed E-state index contributed by atoms with van der Waals surface area (Å²) in [4.78, 5) is 15.4. The number of nitrogens with zero attached hydrogens (tertiary/aromatic N) is 2. The van der Waals surface area contributed by atoms with Gasteiger partial charge in [0.05, 0.1) is 6.61 Å². The molecular formula is C10H17N3O4. The van der Waals surface area contributed by atoms with Gasteiger partial charge in [-0.05, 0) is 13.8 Å². The molecule has 1 amide bonds. The number of rotatable bonds is 6. The van der Waals surface area contributed by atoms with E-state index in [4.69, 9.17) is 9.63 Å². The molecule has 0 aliphatic rings. The molecule has 0 spiro atoms. The Morgan fingerprint density at radius 3 is 2.82 bits per heavy atom. The molecule has 0 radical (unpaired) electrons. The summed E-state index contributed by atoms with van der Waals surface area (Å²) in [5, 5.41) is 24.4. The number of hydrogen-bond donors (Lipinski definition) is 3. The van der Waals surface area contributed by atoms with Gasteiger partial charge in [-0.15, -0.1) is 0 Å². The van der Waals surface area contributed by atoms with E-state index in [1.54, 1.807) is 6.92 Å². The van der Waals surface area contributed by atoms with Crippen molar-refractivity contribution in [2.24, 2.45) is 0 Å². The predicted octanol–water partition coefficient (Wildman–Crippen LogP) is -0.830. The number of amides is 1. The van der Waals surface area contributed by atoms with Crippen LogP contribution in [-0.4, -0.2) is 45.0 Å². The smallest absolute Gasteiger partial charge is 0.227 e. The normalized spacial score (nSPS) is 14.4. The van der Waals surface area contributed by atoms with Crippen molar-refractivity contribution in [2.75, 3.05) is 13.2 Å². The lowest BCUT2D eigenvalue weighted by Gasteiger charge is -2.20. The third kappa shape index (κ3) is 4.92. The predicted molar refractivity (Wildman–Crippen MR) is 58.1 cm³/mol. The Morgan fingerprint density at radius 2 is 2.29 bits per heavy atom. The van der Waals surface area contributed by atoms with Gasteiger partial charge in [0, 0.05) is 19.4 Å². The van der Waals surface area contributed by atoms with Crippen molar-refractivity contribution in [1.29, 1.82) is 0 Å². The summed E-state index contributed by atoms with van der Waals surface area (Å²) < 4.78 is 4.85. The number of aromatic nitrogens is 2. The Labute approximate surface area is 98.8 Å². The van der Waals surface area contributed by atoms with Crippen molar-refractivity contribution >= 4 is 5.91 Å². The molecule has 1 aromatic heterocycles. The van der Waals surface area contributed by atoms with Crippen LogP contribution < -0.4 is 5.32 Å². The van der Waals surface area contributed by atoms with Crippen molar-refractivity contribution < 1.29 is 19.5 Å². The van der Waals surface area contributed by atoms with Gasteiger partial charge in [-0.25, -0.2) is 0 Å². The first-order valence-corrected chi connectivity index (χ1v) is 5.32. The lowest BCUT2D eigenvalue weighted by molar-refractivity contribution is -0.122. The molecule has 0 bridgehead atoms. The summed E-state index contributed by atoms with van der Waals surface area (Å²) in [5.41, 5.74) is -1.29. The number of carbonyl (C=O) groups excluding carboxylic acids is 1. The van der Waals surface area contributed by atoms with Gasteiger partial charge >= 0.3 is 0 Å². The Kier molecular flexibility index (Phi) is 4.59. The van der Waals surface area contributed by atoms with E-state index in [2.05, 4.69) is 15.5 Å². The fourth-order valence-corrected chi connectivity index (χ4v) is 1.10. The minimum Gasteiger partial charge on any atom is -0.393 e. The number of nitrogens with one attached hydrogen (secondary N) is 1. The molecule has 1 rings (SSSR count). The van der Waals surface area contributed by atoms with E-state index in [1.165, 1.54) is 6.92 Å². The second kappa shape index (κ2) is 5.74. The zero-order chi connectivity index (χ0) is 12.9. The molecule has 0 saturated heterocycles. The Morgan fingerprint density at radius 1 is 1.59 bits per heavy atom. The molecule has 3 N–H and O–H groups in total. The molecule has 7 heteroatoms. The summed E-state index contributed by atoms with van der Waals surface area (Å²) in [6.07, 6.45) is 0.553. The van der Waals surface area contributed by atoms with Gasteiger partial charge in [-0.3, -0.25) is 4.79 Å². The standard InChI is InChI=1S/C10H17N3O4/c1-7-12-9(17-13-7)4-3-8(15)11-5-10(2,16)6-14/h14,16H,3-6H2,1-2H3,(H,11,15). The van der Waals surface area contributed by atoms with E-state index in [9.17, 15) is 9.90 Å². The lowest BCUT2D eigenvalue weighted by Crippen LogP contribution is -2.43. The van der Waals surface area contributed by atoms with Crippen molar-refractivity contribution in [1.82, 2.24) is 15.5 Å². The molecule has 0 aliphatic heterocycles. The first kappa shape index (κ1) is 13.6. The fraction of sp³-hybridized carbons (Fsp3) is 0.700. The SMILES string of the molecule is Cc1noc(CCC(=O)NCC(C)(O)CO)n1. The maximum atomic E-state index is 11.4. The minimum atomic E-state index is -1.29. The van der Waals surface area contributed by atoms with Crippen LogP contribution in [0.25, 0.3) is 0 Å². The highest BCUT2D eigenvalue weighted by atomic mass is 16.5. The highest BCUT2D eigenvalue weighted by Gasteiger charge is 2.19. The Hall–Kier alpha value is -1.47. The van der Waals surface area contributed by atoms with Crippen LogP contribution in [-0.2, 0) is 11.2 Å². The van der Waals surface area contributed by atoms with Crippen LogP contribution >= 0.6 is 0 Å². The van der Waals surface area contributed by atoms with Crippen LogP contribution in [0.15, 0.2) is 4.52 Å². The third-order valence-corrected chi connectivity index (χ3v) is 2.14. The molecule has 17 heavy (non-hydrogen) atoms. The second-order valence-corrected chi connectivity index (χ2v) is 4.17. The van der Waals surface area contributed by atoms with E-state index in [0.29, 0.717) is 18.1 Å². The van der Waals surface area contributed by atoms with E-state index in [0.717, 1.165) is 0 Å². The van der Waals surface area contributed by atoms with Crippen LogP contribution in [0.5, 0.6) is 0 Å². The molecule has 0 aliphatic carbocycles. The summed E-state index contributed by atoms with van der Waals surface area (Å²) in [6, 6.07) is 0. The summed E-state index contributed by atoms with van der Waals surface area (Å²) >= 11 is 0. The molecular weight excluding hydrogens is 226 g/mol. The molecule has 1 atom stereocenters. The molecule has 0 fully saturated rings. The van der Waals surface area contributed by atoms with Crippen LogP contribution in [0.3, 0.4) is 0 Å². The molecule has 7 nitrogen and oxygen atoms in total. The van der Waals surface area contributed by atoms with E-state index < -0.39 is 12.2 Å². The second-order valence-electron chi connectivity index (χ2n) is 4.17. The van der Waals surface area contributed by atoms with E-state index in [1.807, 2.05) is 0 Å². The Balaban J connectivity index is 2.26. The highest BCUT2D eigenvalue weighted by molar-refractivity contribution is 5.76. The molecule has 1 heterocycles. The van der Waals surface area contributed by atoms with Crippen molar-refractivity contribution in [3.8, 4) is 0 Å². The fourth-order valence-electron chi connectivity index (χ4n) is 1.10. The molecule has 1 unspecified atom stereocenters. The maximum absolute atomic E-state index is 11.4. The van der Waals surface area contributed by atoms with Gasteiger partial charge in [-0.1, -0.05) is 5.16 Å². The van der Waals surface area contributed by atoms with Crippen molar-refractivity contribution in [2.45, 2.75) is 32.3 Å². The number of hydrogen-bond acceptors (Lipinski definition) is 6. The Bertz CT molecular complexity index is 375. The van der Waals surface area contributed by atoms with Gasteiger partial charge in [0.2, 0.25) is 11.8 Å². The molecule has 0 saturated carbocycles. The minimum absolute atomic E-state index is 0.00515. The van der Waals surface area contributed by atoms with Gasteiger partial charge in [0.15, 0.2) is 5.82 Å². The number of aliphatic hydroxyl groups excluding tert-OH is 1. The van der Waals surface area contributed by atoms with Gasteiger partial charge < -0.3 is 20.1 Å². The largest absolute Gasteiger partial charge is 0.393 e. The summed E-state index contributed by atoms with van der Waals surface area (Å²) in [6.45, 7) is 2.74. The number of carbonyl (C=O) groups is 1. The van der Waals surface area contributed by atoms with E-state index in [-0.39, 0.29) is 18.9 Å². The van der Waals surface area contributed by atoms with Gasteiger partial charge in [0.1, 0.15) is 5.60 Å². The average molecular weight is 243 g/mol. The van der Waals surface area contributed by atoms with Gasteiger partial charge in [0.25, 0.3) is 0 Å². The summed E-state index contributed by atoms with van der Waals surface area (Å²) in [5.74, 6) is 0.699. The van der Waals surface area contributed by atoms with Crippen LogP contribution in [0.2, 0.25) is 0 Å². The topological polar surface area (TPSA) is 108 Å². The lowest BCUT2D eigenvalue weighted by atomic mass is 10.1. The number of aryl methyl sites for hydroxylation is 2. The van der Waals surface area contributed by atoms with Gasteiger partial charge in [-0.2, -0.15) is 4.98 Å². The van der Waals surface area contributed by atoms with Crippen LogP contribution in [0, 0.1) is 6.92 Å². The molecule has 1 aromatic rings. The summed E-state index contributed by atoms with van der Waals surface area (Å²) in [7, 11) is 0. The van der Waals surface area contributed by atoms with Crippen LogP contribution in [0.4, 0.5) is 0 Å². The third-order valence-electron chi connectivity index (χ3n) is 2.14. The van der Waals surface area contributed by atoms with Crippen molar-refractivity contribution in [3.63, 3.8) is 0 Å². The maximum Gasteiger partial charge on any atom is 0.227 e. The highest BCUT2D eigenvalue weighted by Crippen LogP contribution is 2.01. The van der Waals surface area contributed by atoms with E-state index >= 15 is 0 Å². The first-order chi connectivity index (χ1) is 7.93. The monoisotopic (exact) mass is 243 g/mol. The van der Waals surface area contributed by atoms with Crippen LogP contribution in [0.1, 0.15) is 25.1 Å². The number of aliphatic hydroxyl groups is 2. The molecule has 96 valence electrons. The molecule has 0 aromatic carbocycles. The zero-order valence-corrected chi connectivity index (χ0v) is 9.93.